The summed E-state index contributed by atoms with van der Waals surface area (Å²) in [7, 11) is 1.99. The molecular formula is C16H26N2. The predicted molar refractivity (Wildman–Crippen MR) is 77.5 cm³/mol. The van der Waals surface area contributed by atoms with Crippen LogP contribution in [0, 0.1) is 5.92 Å². The van der Waals surface area contributed by atoms with Crippen LogP contribution in [0.4, 0.5) is 0 Å². The lowest BCUT2D eigenvalue weighted by molar-refractivity contribution is 0.106. The number of nitrogens with zero attached hydrogens (tertiary/aromatic N) is 1. The van der Waals surface area contributed by atoms with Gasteiger partial charge in [-0.15, -0.1) is 0 Å². The second-order valence-electron chi connectivity index (χ2n) is 5.68. The zero-order valence-electron chi connectivity index (χ0n) is 11.9. The minimum Gasteiger partial charge on any atom is -0.316 e. The lowest BCUT2D eigenvalue weighted by Gasteiger charge is -2.38. The molecule has 1 heterocycles. The van der Waals surface area contributed by atoms with Crippen LogP contribution in [0.25, 0.3) is 0 Å². The summed E-state index contributed by atoms with van der Waals surface area (Å²) in [4.78, 5) is 2.63. The molecule has 1 aromatic rings. The van der Waals surface area contributed by atoms with Crippen molar-refractivity contribution in [2.24, 2.45) is 5.92 Å². The average Bonchev–Trinajstić information content (AvgIpc) is 2.38. The first-order valence-corrected chi connectivity index (χ1v) is 7.17. The first kappa shape index (κ1) is 13.6. The quantitative estimate of drug-likeness (QED) is 0.878. The van der Waals surface area contributed by atoms with Crippen molar-refractivity contribution in [1.82, 2.24) is 10.2 Å². The van der Waals surface area contributed by atoms with Crippen molar-refractivity contribution in [2.45, 2.75) is 45.8 Å². The summed E-state index contributed by atoms with van der Waals surface area (Å²) in [6, 6.07) is 9.75. The summed E-state index contributed by atoms with van der Waals surface area (Å²) < 4.78 is 0. The van der Waals surface area contributed by atoms with Crippen LogP contribution in [0.15, 0.2) is 24.3 Å². The van der Waals surface area contributed by atoms with Crippen molar-refractivity contribution in [1.29, 1.82) is 0 Å². The van der Waals surface area contributed by atoms with Crippen LogP contribution in [0.2, 0.25) is 0 Å². The van der Waals surface area contributed by atoms with E-state index in [-0.39, 0.29) is 0 Å². The van der Waals surface area contributed by atoms with Crippen molar-refractivity contribution < 1.29 is 0 Å². The van der Waals surface area contributed by atoms with E-state index in [9.17, 15) is 0 Å². The Morgan fingerprint density at radius 2 is 1.83 bits per heavy atom. The summed E-state index contributed by atoms with van der Waals surface area (Å²) in [5.74, 6) is 0.835. The number of hydrogen-bond acceptors (Lipinski definition) is 2. The number of hydrogen-bond donors (Lipinski definition) is 1. The van der Waals surface area contributed by atoms with Gasteiger partial charge in [0.1, 0.15) is 0 Å². The van der Waals surface area contributed by atoms with Gasteiger partial charge in [-0.3, -0.25) is 4.90 Å². The second kappa shape index (κ2) is 6.35. The molecule has 1 aliphatic rings. The van der Waals surface area contributed by atoms with Gasteiger partial charge in [0.2, 0.25) is 0 Å². The van der Waals surface area contributed by atoms with Gasteiger partial charge in [-0.1, -0.05) is 31.2 Å². The minimum atomic E-state index is 0.718. The Morgan fingerprint density at radius 1 is 1.17 bits per heavy atom. The molecule has 2 atom stereocenters. The van der Waals surface area contributed by atoms with Crippen LogP contribution in [-0.2, 0) is 13.1 Å². The van der Waals surface area contributed by atoms with E-state index >= 15 is 0 Å². The molecule has 0 spiro atoms. The third-order valence-corrected chi connectivity index (χ3v) is 4.29. The highest BCUT2D eigenvalue weighted by atomic mass is 15.2. The number of benzene rings is 1. The molecule has 1 aromatic carbocycles. The molecular weight excluding hydrogens is 220 g/mol. The van der Waals surface area contributed by atoms with Gasteiger partial charge in [0.05, 0.1) is 0 Å². The van der Waals surface area contributed by atoms with E-state index in [1.807, 2.05) is 7.05 Å². The Morgan fingerprint density at radius 3 is 2.50 bits per heavy atom. The van der Waals surface area contributed by atoms with Crippen molar-refractivity contribution in [3.05, 3.63) is 35.4 Å². The second-order valence-corrected chi connectivity index (χ2v) is 5.68. The number of piperidine rings is 1. The van der Waals surface area contributed by atoms with Crippen molar-refractivity contribution in [3.8, 4) is 0 Å². The Labute approximate surface area is 111 Å². The standard InChI is InChI=1S/C16H26N2/c1-13-5-4-10-18(14(13)2)12-16-8-6-15(7-9-16)11-17-3/h6-9,13-14,17H,4-5,10-12H2,1-3H3. The van der Waals surface area contributed by atoms with Crippen LogP contribution in [-0.4, -0.2) is 24.5 Å². The molecule has 2 heteroatoms. The largest absolute Gasteiger partial charge is 0.316 e. The highest BCUT2D eigenvalue weighted by Gasteiger charge is 2.24. The first-order chi connectivity index (χ1) is 8.70. The van der Waals surface area contributed by atoms with Crippen LogP contribution in [0.5, 0.6) is 0 Å². The fourth-order valence-electron chi connectivity index (χ4n) is 2.85. The third kappa shape index (κ3) is 3.33. The van der Waals surface area contributed by atoms with E-state index in [2.05, 4.69) is 48.3 Å². The SMILES string of the molecule is CNCc1ccc(CN2CCCC(C)C2C)cc1. The zero-order chi connectivity index (χ0) is 13.0. The Bertz CT molecular complexity index is 358. The maximum absolute atomic E-state index is 3.19. The molecule has 1 saturated heterocycles. The molecule has 18 heavy (non-hydrogen) atoms. The average molecular weight is 246 g/mol. The van der Waals surface area contributed by atoms with Gasteiger partial charge in [0.15, 0.2) is 0 Å². The van der Waals surface area contributed by atoms with Crippen molar-refractivity contribution in [3.63, 3.8) is 0 Å². The Balaban J connectivity index is 1.96. The van der Waals surface area contributed by atoms with Gasteiger partial charge in [-0.05, 0) is 50.4 Å². The smallest absolute Gasteiger partial charge is 0.0236 e. The van der Waals surface area contributed by atoms with E-state index in [0.717, 1.165) is 25.0 Å². The van der Waals surface area contributed by atoms with Crippen molar-refractivity contribution >= 4 is 0 Å². The van der Waals surface area contributed by atoms with E-state index in [0.29, 0.717) is 0 Å². The highest BCUT2D eigenvalue weighted by molar-refractivity contribution is 5.22. The third-order valence-electron chi connectivity index (χ3n) is 4.29. The summed E-state index contributed by atoms with van der Waals surface area (Å²) in [6.45, 7) is 8.07. The molecule has 100 valence electrons. The van der Waals surface area contributed by atoms with Crippen molar-refractivity contribution in [2.75, 3.05) is 13.6 Å². The Kier molecular flexibility index (Phi) is 4.79. The Hall–Kier alpha value is -0.860. The number of rotatable bonds is 4. The maximum Gasteiger partial charge on any atom is 0.0236 e. The van der Waals surface area contributed by atoms with Gasteiger partial charge < -0.3 is 5.32 Å². The van der Waals surface area contributed by atoms with Gasteiger partial charge in [-0.25, -0.2) is 0 Å². The summed E-state index contributed by atoms with van der Waals surface area (Å²) in [6.07, 6.45) is 2.74. The minimum absolute atomic E-state index is 0.718. The first-order valence-electron chi connectivity index (χ1n) is 7.17. The molecule has 0 aromatic heterocycles. The van der Waals surface area contributed by atoms with Crippen LogP contribution in [0.3, 0.4) is 0 Å². The van der Waals surface area contributed by atoms with Gasteiger partial charge >= 0.3 is 0 Å². The highest BCUT2D eigenvalue weighted by Crippen LogP contribution is 2.24. The van der Waals surface area contributed by atoms with E-state index in [1.165, 1.54) is 30.5 Å². The van der Waals surface area contributed by atoms with E-state index < -0.39 is 0 Å². The van der Waals surface area contributed by atoms with Crippen LogP contribution < -0.4 is 5.32 Å². The molecule has 1 aliphatic heterocycles. The summed E-state index contributed by atoms with van der Waals surface area (Å²) >= 11 is 0. The maximum atomic E-state index is 3.19. The normalized spacial score (nSPS) is 25.3. The number of likely N-dealkylation sites (tertiary alicyclic amines) is 1. The molecule has 0 bridgehead atoms. The van der Waals surface area contributed by atoms with Gasteiger partial charge in [0.25, 0.3) is 0 Å². The molecule has 0 saturated carbocycles. The fourth-order valence-corrected chi connectivity index (χ4v) is 2.85. The lowest BCUT2D eigenvalue weighted by atomic mass is 9.91. The molecule has 2 unspecified atom stereocenters. The molecule has 2 nitrogen and oxygen atoms in total. The van der Waals surface area contributed by atoms with Crippen LogP contribution >= 0.6 is 0 Å². The molecule has 2 rings (SSSR count). The monoisotopic (exact) mass is 246 g/mol. The van der Waals surface area contributed by atoms with Gasteiger partial charge in [0, 0.05) is 19.1 Å². The molecule has 1 fully saturated rings. The topological polar surface area (TPSA) is 15.3 Å². The predicted octanol–water partition coefficient (Wildman–Crippen LogP) is 3.03. The van der Waals surface area contributed by atoms with E-state index in [4.69, 9.17) is 0 Å². The fraction of sp³-hybridized carbons (Fsp3) is 0.625. The molecule has 0 amide bonds. The summed E-state index contributed by atoms with van der Waals surface area (Å²) in [5.41, 5.74) is 2.80. The molecule has 0 aliphatic carbocycles. The molecule has 0 radical (unpaired) electrons. The zero-order valence-corrected chi connectivity index (χ0v) is 11.9. The van der Waals surface area contributed by atoms with E-state index in [1.54, 1.807) is 0 Å². The van der Waals surface area contributed by atoms with Gasteiger partial charge in [-0.2, -0.15) is 0 Å². The molecule has 1 N–H and O–H groups in total. The number of nitrogens with one attached hydrogen (secondary N) is 1. The lowest BCUT2D eigenvalue weighted by Crippen LogP contribution is -2.41. The summed E-state index contributed by atoms with van der Waals surface area (Å²) in [5, 5.41) is 3.19. The van der Waals surface area contributed by atoms with Crippen LogP contribution in [0.1, 0.15) is 37.8 Å².